The maximum Gasteiger partial charge on any atom is 0.230 e. The maximum absolute atomic E-state index is 12.5. The highest BCUT2D eigenvalue weighted by atomic mass is 16.2. The van der Waals surface area contributed by atoms with Crippen molar-refractivity contribution in [2.45, 2.75) is 56.8 Å². The Balaban J connectivity index is 1.47. The molecule has 0 saturated heterocycles. The number of nitrogens with two attached hydrogens (primary N) is 1. The number of hydrogen-bond donors (Lipinski definition) is 2. The van der Waals surface area contributed by atoms with Gasteiger partial charge in [0.1, 0.15) is 0 Å². The van der Waals surface area contributed by atoms with E-state index in [1.165, 1.54) is 32.1 Å². The van der Waals surface area contributed by atoms with E-state index < -0.39 is 0 Å². The Morgan fingerprint density at radius 3 is 2.48 bits per heavy atom. The van der Waals surface area contributed by atoms with Gasteiger partial charge in [-0.1, -0.05) is 37.8 Å². The number of anilines is 1. The van der Waals surface area contributed by atoms with Gasteiger partial charge in [-0.05, 0) is 49.3 Å². The highest BCUT2D eigenvalue weighted by Gasteiger charge is 2.50. The molecule has 1 aromatic carbocycles. The second kappa shape index (κ2) is 6.08. The molecular weight excluding hydrogens is 260 g/mol. The maximum atomic E-state index is 12.5. The number of nitrogen functional groups attached to an aromatic ring is 1. The summed E-state index contributed by atoms with van der Waals surface area (Å²) in [6.07, 6.45) is 9.90. The summed E-state index contributed by atoms with van der Waals surface area (Å²) < 4.78 is 0. The van der Waals surface area contributed by atoms with E-state index in [0.29, 0.717) is 0 Å². The first kappa shape index (κ1) is 14.4. The van der Waals surface area contributed by atoms with E-state index in [4.69, 9.17) is 5.73 Å². The largest absolute Gasteiger partial charge is 0.399 e. The summed E-state index contributed by atoms with van der Waals surface area (Å²) in [5.41, 5.74) is 7.33. The van der Waals surface area contributed by atoms with Crippen LogP contribution in [0.5, 0.6) is 0 Å². The topological polar surface area (TPSA) is 55.1 Å². The Labute approximate surface area is 127 Å². The number of hydrogen-bond acceptors (Lipinski definition) is 2. The fourth-order valence-electron chi connectivity index (χ4n) is 3.63. The fourth-order valence-corrected chi connectivity index (χ4v) is 3.63. The van der Waals surface area contributed by atoms with E-state index in [1.807, 2.05) is 24.3 Å². The van der Waals surface area contributed by atoms with Crippen LogP contribution >= 0.6 is 0 Å². The summed E-state index contributed by atoms with van der Waals surface area (Å²) in [5, 5.41) is 3.15. The van der Waals surface area contributed by atoms with Gasteiger partial charge in [-0.25, -0.2) is 0 Å². The van der Waals surface area contributed by atoms with Crippen molar-refractivity contribution in [2.24, 2.45) is 5.92 Å². The molecular formula is C18H26N2O. The van der Waals surface area contributed by atoms with Crippen LogP contribution in [0.4, 0.5) is 5.69 Å². The highest BCUT2D eigenvalue weighted by molar-refractivity contribution is 5.91. The average molecular weight is 286 g/mol. The number of carbonyl (C=O) groups excluding carboxylic acids is 1. The molecule has 1 aromatic rings. The number of carbonyl (C=O) groups is 1. The van der Waals surface area contributed by atoms with Crippen LogP contribution in [0, 0.1) is 5.92 Å². The molecule has 2 aliphatic carbocycles. The minimum Gasteiger partial charge on any atom is -0.399 e. The van der Waals surface area contributed by atoms with Crippen LogP contribution in [-0.2, 0) is 10.2 Å². The zero-order chi connectivity index (χ0) is 14.7. The summed E-state index contributed by atoms with van der Waals surface area (Å²) in [6, 6.07) is 7.78. The lowest BCUT2D eigenvalue weighted by molar-refractivity contribution is -0.123. The minimum absolute atomic E-state index is 0.207. The Kier molecular flexibility index (Phi) is 4.18. The van der Waals surface area contributed by atoms with Crippen LogP contribution in [0.3, 0.4) is 0 Å². The zero-order valence-electron chi connectivity index (χ0n) is 12.7. The molecule has 0 aliphatic heterocycles. The summed E-state index contributed by atoms with van der Waals surface area (Å²) in [6.45, 7) is 0.825. The highest BCUT2D eigenvalue weighted by Crippen LogP contribution is 2.48. The summed E-state index contributed by atoms with van der Waals surface area (Å²) >= 11 is 0. The Hall–Kier alpha value is -1.51. The van der Waals surface area contributed by atoms with Crippen LogP contribution < -0.4 is 11.1 Å². The molecule has 0 heterocycles. The molecule has 3 N–H and O–H groups in total. The molecule has 3 heteroatoms. The van der Waals surface area contributed by atoms with Crippen molar-refractivity contribution < 1.29 is 4.79 Å². The first-order chi connectivity index (χ1) is 10.2. The van der Waals surface area contributed by atoms with Crippen molar-refractivity contribution >= 4 is 11.6 Å². The van der Waals surface area contributed by atoms with Crippen molar-refractivity contribution in [2.75, 3.05) is 12.3 Å². The smallest absolute Gasteiger partial charge is 0.230 e. The second-order valence-electron chi connectivity index (χ2n) is 6.75. The molecule has 0 bridgehead atoms. The molecule has 0 atom stereocenters. The standard InChI is InChI=1S/C18H26N2O/c19-16-9-7-15(8-10-16)18(11-12-18)17(21)20-13-3-6-14-4-1-2-5-14/h7-10,14H,1-6,11-13,19H2,(H,20,21). The van der Waals surface area contributed by atoms with Gasteiger partial charge in [-0.3, -0.25) is 4.79 Å². The van der Waals surface area contributed by atoms with Crippen LogP contribution in [-0.4, -0.2) is 12.5 Å². The molecule has 21 heavy (non-hydrogen) atoms. The van der Waals surface area contributed by atoms with Crippen LogP contribution in [0.2, 0.25) is 0 Å². The zero-order valence-corrected chi connectivity index (χ0v) is 12.7. The molecule has 2 fully saturated rings. The lowest BCUT2D eigenvalue weighted by atomic mass is 9.94. The Bertz CT molecular complexity index is 484. The Morgan fingerprint density at radius 2 is 1.86 bits per heavy atom. The number of amides is 1. The molecule has 2 saturated carbocycles. The molecule has 1 amide bonds. The van der Waals surface area contributed by atoms with Gasteiger partial charge >= 0.3 is 0 Å². The second-order valence-corrected chi connectivity index (χ2v) is 6.75. The molecule has 2 aliphatic rings. The van der Waals surface area contributed by atoms with Crippen LogP contribution in [0.1, 0.15) is 56.9 Å². The van der Waals surface area contributed by atoms with Crippen molar-refractivity contribution in [3.8, 4) is 0 Å². The van der Waals surface area contributed by atoms with Gasteiger partial charge in [-0.2, -0.15) is 0 Å². The van der Waals surface area contributed by atoms with Gasteiger partial charge < -0.3 is 11.1 Å². The van der Waals surface area contributed by atoms with Crippen LogP contribution in [0.25, 0.3) is 0 Å². The predicted molar refractivity (Wildman–Crippen MR) is 86.0 cm³/mol. The monoisotopic (exact) mass is 286 g/mol. The summed E-state index contributed by atoms with van der Waals surface area (Å²) in [7, 11) is 0. The molecule has 3 nitrogen and oxygen atoms in total. The Morgan fingerprint density at radius 1 is 1.19 bits per heavy atom. The van der Waals surface area contributed by atoms with Crippen molar-refractivity contribution in [1.82, 2.24) is 5.32 Å². The first-order valence-electron chi connectivity index (χ1n) is 8.35. The normalized spacial score (nSPS) is 20.4. The van der Waals surface area contributed by atoms with E-state index in [9.17, 15) is 4.79 Å². The van der Waals surface area contributed by atoms with Gasteiger partial charge in [0.2, 0.25) is 5.91 Å². The van der Waals surface area contributed by atoms with E-state index >= 15 is 0 Å². The summed E-state index contributed by atoms with van der Waals surface area (Å²) in [4.78, 5) is 12.5. The molecule has 0 unspecified atom stereocenters. The lowest BCUT2D eigenvalue weighted by Crippen LogP contribution is -2.35. The molecule has 3 rings (SSSR count). The van der Waals surface area contributed by atoms with Gasteiger partial charge in [0.05, 0.1) is 5.41 Å². The minimum atomic E-state index is -0.263. The predicted octanol–water partition coefficient (Wildman–Crippen LogP) is 3.39. The number of nitrogens with one attached hydrogen (secondary N) is 1. The molecule has 114 valence electrons. The third kappa shape index (κ3) is 3.22. The molecule has 0 aromatic heterocycles. The third-order valence-electron chi connectivity index (χ3n) is 5.20. The van der Waals surface area contributed by atoms with Gasteiger partial charge in [-0.15, -0.1) is 0 Å². The number of rotatable bonds is 6. The van der Waals surface area contributed by atoms with Crippen LogP contribution in [0.15, 0.2) is 24.3 Å². The number of benzene rings is 1. The van der Waals surface area contributed by atoms with Gasteiger partial charge in [0, 0.05) is 12.2 Å². The van der Waals surface area contributed by atoms with Crippen molar-refractivity contribution in [3.63, 3.8) is 0 Å². The average Bonchev–Trinajstić information content (AvgIpc) is 3.14. The van der Waals surface area contributed by atoms with E-state index in [2.05, 4.69) is 5.32 Å². The fraction of sp³-hybridized carbons (Fsp3) is 0.611. The van der Waals surface area contributed by atoms with E-state index in [-0.39, 0.29) is 11.3 Å². The summed E-state index contributed by atoms with van der Waals surface area (Å²) in [5.74, 6) is 1.12. The SMILES string of the molecule is Nc1ccc(C2(C(=O)NCCCC3CCCC3)CC2)cc1. The first-order valence-corrected chi connectivity index (χ1v) is 8.35. The lowest BCUT2D eigenvalue weighted by Gasteiger charge is -2.16. The van der Waals surface area contributed by atoms with Crippen molar-refractivity contribution in [3.05, 3.63) is 29.8 Å². The van der Waals surface area contributed by atoms with E-state index in [1.54, 1.807) is 0 Å². The quantitative estimate of drug-likeness (QED) is 0.622. The van der Waals surface area contributed by atoms with Crippen molar-refractivity contribution in [1.29, 1.82) is 0 Å². The van der Waals surface area contributed by atoms with Gasteiger partial charge in [0.25, 0.3) is 0 Å². The molecule has 0 radical (unpaired) electrons. The third-order valence-corrected chi connectivity index (χ3v) is 5.20. The van der Waals surface area contributed by atoms with Gasteiger partial charge in [0.15, 0.2) is 0 Å². The van der Waals surface area contributed by atoms with E-state index in [0.717, 1.165) is 43.0 Å². The molecule has 0 spiro atoms.